The number of nitro groups is 1. The van der Waals surface area contributed by atoms with Crippen LogP contribution in [0.4, 0.5) is 11.4 Å². The molecule has 0 heterocycles. The van der Waals surface area contributed by atoms with Gasteiger partial charge in [0.15, 0.2) is 0 Å². The number of hydrogen-bond acceptors (Lipinski definition) is 5. The van der Waals surface area contributed by atoms with Gasteiger partial charge < -0.3 is 10.1 Å². The van der Waals surface area contributed by atoms with Crippen LogP contribution in [0, 0.1) is 21.4 Å². The lowest BCUT2D eigenvalue weighted by Gasteiger charge is -2.09. The summed E-state index contributed by atoms with van der Waals surface area (Å²) >= 11 is 0. The molecule has 0 fully saturated rings. The number of unbranched alkanes of at least 4 members (excludes halogenated alkanes) is 1. The van der Waals surface area contributed by atoms with Crippen molar-refractivity contribution in [2.45, 2.75) is 19.8 Å². The summed E-state index contributed by atoms with van der Waals surface area (Å²) in [4.78, 5) is 22.7. The molecule has 0 unspecified atom stereocenters. The molecule has 0 bridgehead atoms. The van der Waals surface area contributed by atoms with Gasteiger partial charge in [-0.15, -0.1) is 0 Å². The van der Waals surface area contributed by atoms with E-state index in [-0.39, 0.29) is 16.9 Å². The van der Waals surface area contributed by atoms with Crippen molar-refractivity contribution in [2.75, 3.05) is 11.9 Å². The predicted molar refractivity (Wildman–Crippen MR) is 102 cm³/mol. The maximum absolute atomic E-state index is 12.4. The molecule has 0 spiro atoms. The lowest BCUT2D eigenvalue weighted by Crippen LogP contribution is -2.13. The van der Waals surface area contributed by atoms with E-state index in [0.29, 0.717) is 17.9 Å². The summed E-state index contributed by atoms with van der Waals surface area (Å²) in [6.07, 6.45) is 3.33. The number of carbonyl (C=O) groups excluding carboxylic acids is 1. The SMILES string of the molecule is CCCCOc1ccccc1/C=C(\C#N)C(=O)Nc1cccc([N+](=O)[O-])c1. The number of non-ortho nitro benzene ring substituents is 1. The molecule has 0 saturated heterocycles. The van der Waals surface area contributed by atoms with E-state index in [1.807, 2.05) is 12.1 Å². The molecule has 7 heteroatoms. The van der Waals surface area contributed by atoms with Crippen LogP contribution in [0.15, 0.2) is 54.1 Å². The molecule has 1 amide bonds. The molecule has 2 aromatic carbocycles. The molecule has 0 aliphatic rings. The summed E-state index contributed by atoms with van der Waals surface area (Å²) in [5.41, 5.74) is 0.570. The summed E-state index contributed by atoms with van der Waals surface area (Å²) in [6.45, 7) is 2.60. The van der Waals surface area contributed by atoms with Gasteiger partial charge in [0.2, 0.25) is 0 Å². The van der Waals surface area contributed by atoms with Crippen molar-refractivity contribution in [3.8, 4) is 11.8 Å². The van der Waals surface area contributed by atoms with E-state index >= 15 is 0 Å². The summed E-state index contributed by atoms with van der Waals surface area (Å²) in [6, 6.07) is 14.5. The van der Waals surface area contributed by atoms with Crippen molar-refractivity contribution in [1.82, 2.24) is 0 Å². The summed E-state index contributed by atoms with van der Waals surface area (Å²) in [5, 5.41) is 22.7. The van der Waals surface area contributed by atoms with Crippen LogP contribution < -0.4 is 10.1 Å². The molecule has 1 N–H and O–H groups in total. The van der Waals surface area contributed by atoms with Crippen molar-refractivity contribution in [3.05, 3.63) is 69.8 Å². The predicted octanol–water partition coefficient (Wildman–Crippen LogP) is 4.32. The number of para-hydroxylation sites is 1. The van der Waals surface area contributed by atoms with Gasteiger partial charge in [-0.2, -0.15) is 5.26 Å². The van der Waals surface area contributed by atoms with Crippen LogP contribution in [0.2, 0.25) is 0 Å². The summed E-state index contributed by atoms with van der Waals surface area (Å²) in [7, 11) is 0. The summed E-state index contributed by atoms with van der Waals surface area (Å²) < 4.78 is 5.70. The quantitative estimate of drug-likeness (QED) is 0.247. The zero-order valence-electron chi connectivity index (χ0n) is 14.8. The first-order valence-electron chi connectivity index (χ1n) is 8.44. The highest BCUT2D eigenvalue weighted by molar-refractivity contribution is 6.09. The first-order valence-corrected chi connectivity index (χ1v) is 8.44. The van der Waals surface area contributed by atoms with E-state index in [1.54, 1.807) is 18.2 Å². The van der Waals surface area contributed by atoms with E-state index in [9.17, 15) is 20.2 Å². The highest BCUT2D eigenvalue weighted by atomic mass is 16.6. The molecule has 0 saturated carbocycles. The van der Waals surface area contributed by atoms with Crippen molar-refractivity contribution in [3.63, 3.8) is 0 Å². The van der Waals surface area contributed by atoms with Crippen LogP contribution in [-0.4, -0.2) is 17.4 Å². The van der Waals surface area contributed by atoms with Gasteiger partial charge in [-0.1, -0.05) is 37.6 Å². The minimum atomic E-state index is -0.652. The maximum Gasteiger partial charge on any atom is 0.271 e. The van der Waals surface area contributed by atoms with Crippen LogP contribution >= 0.6 is 0 Å². The lowest BCUT2D eigenvalue weighted by atomic mass is 10.1. The Morgan fingerprint density at radius 3 is 2.78 bits per heavy atom. The van der Waals surface area contributed by atoms with Gasteiger partial charge in [0.25, 0.3) is 11.6 Å². The van der Waals surface area contributed by atoms with Crippen molar-refractivity contribution in [1.29, 1.82) is 5.26 Å². The third-order valence-corrected chi connectivity index (χ3v) is 3.65. The van der Waals surface area contributed by atoms with Crippen LogP contribution in [0.5, 0.6) is 5.75 Å². The second-order valence-electron chi connectivity index (χ2n) is 5.67. The van der Waals surface area contributed by atoms with E-state index in [1.165, 1.54) is 30.3 Å². The van der Waals surface area contributed by atoms with Gasteiger partial charge >= 0.3 is 0 Å². The van der Waals surface area contributed by atoms with Gasteiger partial charge in [0.05, 0.1) is 11.5 Å². The van der Waals surface area contributed by atoms with Crippen LogP contribution in [-0.2, 0) is 4.79 Å². The van der Waals surface area contributed by atoms with E-state index in [4.69, 9.17) is 4.74 Å². The number of carbonyl (C=O) groups is 1. The molecular weight excluding hydrogens is 346 g/mol. The lowest BCUT2D eigenvalue weighted by molar-refractivity contribution is -0.384. The molecule has 2 rings (SSSR count). The normalized spacial score (nSPS) is 10.7. The maximum atomic E-state index is 12.4. The fraction of sp³-hybridized carbons (Fsp3) is 0.200. The number of nitrogens with one attached hydrogen (secondary N) is 1. The highest BCUT2D eigenvalue weighted by Crippen LogP contribution is 2.22. The molecule has 0 radical (unpaired) electrons. The third kappa shape index (κ3) is 5.68. The molecule has 138 valence electrons. The molecule has 2 aromatic rings. The second kappa shape index (κ2) is 9.73. The van der Waals surface area contributed by atoms with E-state index in [0.717, 1.165) is 12.8 Å². The smallest absolute Gasteiger partial charge is 0.271 e. The number of rotatable bonds is 8. The zero-order valence-corrected chi connectivity index (χ0v) is 14.8. The number of benzene rings is 2. The number of nitriles is 1. The summed E-state index contributed by atoms with van der Waals surface area (Å²) in [5.74, 6) is -0.0665. The number of nitrogens with zero attached hydrogens (tertiary/aromatic N) is 2. The number of nitro benzene ring substituents is 1. The number of anilines is 1. The van der Waals surface area contributed by atoms with Gasteiger partial charge in [-0.25, -0.2) is 0 Å². The molecule has 27 heavy (non-hydrogen) atoms. The Hall–Kier alpha value is -3.66. The highest BCUT2D eigenvalue weighted by Gasteiger charge is 2.13. The van der Waals surface area contributed by atoms with Crippen molar-refractivity contribution >= 4 is 23.4 Å². The van der Waals surface area contributed by atoms with Crippen LogP contribution in [0.1, 0.15) is 25.3 Å². The second-order valence-corrected chi connectivity index (χ2v) is 5.67. The van der Waals surface area contributed by atoms with Crippen LogP contribution in [0.25, 0.3) is 6.08 Å². The zero-order chi connectivity index (χ0) is 19.6. The molecule has 7 nitrogen and oxygen atoms in total. The van der Waals surface area contributed by atoms with E-state index < -0.39 is 10.8 Å². The number of ether oxygens (including phenoxy) is 1. The van der Waals surface area contributed by atoms with E-state index in [2.05, 4.69) is 12.2 Å². The number of amides is 1. The molecular formula is C20H19N3O4. The largest absolute Gasteiger partial charge is 0.493 e. The van der Waals surface area contributed by atoms with Crippen LogP contribution in [0.3, 0.4) is 0 Å². The average Bonchev–Trinajstić information content (AvgIpc) is 2.67. The number of hydrogen-bond donors (Lipinski definition) is 1. The topological polar surface area (TPSA) is 105 Å². The standard InChI is InChI=1S/C20H19N3O4/c1-2-3-11-27-19-10-5-4-7-15(19)12-16(14-21)20(24)22-17-8-6-9-18(13-17)23(25)26/h4-10,12-13H,2-3,11H2,1H3,(H,22,24)/b16-12+. The van der Waals surface area contributed by atoms with Gasteiger partial charge in [0, 0.05) is 23.4 Å². The molecule has 0 aliphatic heterocycles. The first kappa shape index (κ1) is 19.7. The molecule has 0 aliphatic carbocycles. The Labute approximate surface area is 157 Å². The van der Waals surface area contributed by atoms with Gasteiger partial charge in [0.1, 0.15) is 17.4 Å². The third-order valence-electron chi connectivity index (χ3n) is 3.65. The Balaban J connectivity index is 2.21. The Kier molecular flexibility index (Phi) is 7.08. The minimum absolute atomic E-state index is 0.131. The molecule has 0 atom stereocenters. The van der Waals surface area contributed by atoms with Crippen molar-refractivity contribution < 1.29 is 14.5 Å². The fourth-order valence-electron chi connectivity index (χ4n) is 2.26. The van der Waals surface area contributed by atoms with Crippen molar-refractivity contribution in [2.24, 2.45) is 0 Å². The Bertz CT molecular complexity index is 900. The Morgan fingerprint density at radius 2 is 2.07 bits per heavy atom. The minimum Gasteiger partial charge on any atom is -0.493 e. The first-order chi connectivity index (χ1) is 13.0. The fourth-order valence-corrected chi connectivity index (χ4v) is 2.26. The van der Waals surface area contributed by atoms with Gasteiger partial charge in [-0.05, 0) is 24.6 Å². The van der Waals surface area contributed by atoms with Gasteiger partial charge in [-0.3, -0.25) is 14.9 Å². The Morgan fingerprint density at radius 1 is 1.30 bits per heavy atom. The molecule has 0 aromatic heterocycles. The monoisotopic (exact) mass is 365 g/mol. The average molecular weight is 365 g/mol.